The van der Waals surface area contributed by atoms with Crippen LogP contribution in [0.1, 0.15) is 11.1 Å². The van der Waals surface area contributed by atoms with Gasteiger partial charge in [0.05, 0.1) is 16.6 Å². The quantitative estimate of drug-likeness (QED) is 0.662. The second kappa shape index (κ2) is 6.09. The molecule has 0 radical (unpaired) electrons. The minimum absolute atomic E-state index is 0.0279. The highest BCUT2D eigenvalue weighted by atomic mass is 79.9. The van der Waals surface area contributed by atoms with E-state index in [0.717, 1.165) is 6.07 Å². The summed E-state index contributed by atoms with van der Waals surface area (Å²) in [4.78, 5) is 3.96. The van der Waals surface area contributed by atoms with Gasteiger partial charge in [-0.3, -0.25) is 4.99 Å². The predicted molar refractivity (Wildman–Crippen MR) is 76.2 cm³/mol. The molecule has 2 aromatic rings. The van der Waals surface area contributed by atoms with Gasteiger partial charge >= 0.3 is 0 Å². The molecule has 2 N–H and O–H groups in total. The predicted octanol–water partition coefficient (Wildman–Crippen LogP) is 4.07. The first kappa shape index (κ1) is 14.6. The molecule has 20 heavy (non-hydrogen) atoms. The summed E-state index contributed by atoms with van der Waals surface area (Å²) in [6.07, 6.45) is 1.25. The van der Waals surface area contributed by atoms with E-state index in [9.17, 15) is 13.2 Å². The van der Waals surface area contributed by atoms with E-state index in [0.29, 0.717) is 5.56 Å². The Kier molecular flexibility index (Phi) is 4.44. The third kappa shape index (κ3) is 3.39. The van der Waals surface area contributed by atoms with E-state index in [1.807, 2.05) is 0 Å². The third-order valence-electron chi connectivity index (χ3n) is 2.58. The van der Waals surface area contributed by atoms with Crippen molar-refractivity contribution in [3.63, 3.8) is 0 Å². The van der Waals surface area contributed by atoms with Gasteiger partial charge in [-0.2, -0.15) is 0 Å². The molecule has 2 nitrogen and oxygen atoms in total. The van der Waals surface area contributed by atoms with E-state index in [4.69, 9.17) is 5.73 Å². The van der Waals surface area contributed by atoms with E-state index in [1.165, 1.54) is 30.5 Å². The second-order valence-electron chi connectivity index (χ2n) is 4.11. The molecular formula is C14H10BrF3N2. The van der Waals surface area contributed by atoms with Crippen LogP contribution in [0.3, 0.4) is 0 Å². The van der Waals surface area contributed by atoms with Crippen LogP contribution in [0.5, 0.6) is 0 Å². The smallest absolute Gasteiger partial charge is 0.148 e. The molecule has 0 unspecified atom stereocenters. The maximum Gasteiger partial charge on any atom is 0.148 e. The number of nitrogens with two attached hydrogens (primary N) is 1. The minimum Gasteiger partial charge on any atom is -0.398 e. The van der Waals surface area contributed by atoms with Gasteiger partial charge < -0.3 is 5.73 Å². The lowest BCUT2D eigenvalue weighted by molar-refractivity contribution is 0.580. The number of aliphatic imine (C=N–C) groups is 1. The van der Waals surface area contributed by atoms with Crippen LogP contribution in [0.25, 0.3) is 0 Å². The molecule has 0 bridgehead atoms. The Bertz CT molecular complexity index is 651. The lowest BCUT2D eigenvalue weighted by atomic mass is 10.2. The number of hydrogen-bond donors (Lipinski definition) is 1. The lowest BCUT2D eigenvalue weighted by Crippen LogP contribution is -1.98. The van der Waals surface area contributed by atoms with Crippen molar-refractivity contribution in [1.82, 2.24) is 0 Å². The topological polar surface area (TPSA) is 38.4 Å². The van der Waals surface area contributed by atoms with Crippen molar-refractivity contribution in [3.05, 3.63) is 63.4 Å². The monoisotopic (exact) mass is 342 g/mol. The maximum absolute atomic E-state index is 13.8. The van der Waals surface area contributed by atoms with Gasteiger partial charge in [-0.1, -0.05) is 0 Å². The molecule has 0 spiro atoms. The van der Waals surface area contributed by atoms with Crippen molar-refractivity contribution in [2.45, 2.75) is 6.54 Å². The molecule has 0 aliphatic carbocycles. The standard InChI is InChI=1S/C14H10BrF3N2/c15-12-1-2-13(19)11(14(12)18)7-20-6-8-3-9(16)5-10(17)4-8/h1-5,7H,6,19H2. The zero-order chi connectivity index (χ0) is 14.7. The summed E-state index contributed by atoms with van der Waals surface area (Å²) < 4.78 is 40.0. The van der Waals surface area contributed by atoms with Crippen LogP contribution in [-0.2, 0) is 6.54 Å². The molecule has 2 aromatic carbocycles. The van der Waals surface area contributed by atoms with E-state index in [2.05, 4.69) is 20.9 Å². The fraction of sp³-hybridized carbons (Fsp3) is 0.0714. The summed E-state index contributed by atoms with van der Waals surface area (Å²) in [6, 6.07) is 6.14. The molecule has 104 valence electrons. The van der Waals surface area contributed by atoms with Crippen LogP contribution in [0.2, 0.25) is 0 Å². The molecule has 0 atom stereocenters. The largest absolute Gasteiger partial charge is 0.398 e. The molecular weight excluding hydrogens is 333 g/mol. The SMILES string of the molecule is Nc1ccc(Br)c(F)c1C=NCc1cc(F)cc(F)c1. The van der Waals surface area contributed by atoms with Gasteiger partial charge in [-0.15, -0.1) is 0 Å². The number of anilines is 1. The average molecular weight is 343 g/mol. The zero-order valence-electron chi connectivity index (χ0n) is 10.2. The van der Waals surface area contributed by atoms with Crippen LogP contribution in [0.4, 0.5) is 18.9 Å². The van der Waals surface area contributed by atoms with Crippen molar-refractivity contribution in [3.8, 4) is 0 Å². The molecule has 0 amide bonds. The molecule has 0 aliphatic rings. The first-order valence-electron chi connectivity index (χ1n) is 5.65. The Morgan fingerprint density at radius 2 is 1.75 bits per heavy atom. The number of hydrogen-bond acceptors (Lipinski definition) is 2. The van der Waals surface area contributed by atoms with Crippen LogP contribution in [-0.4, -0.2) is 6.21 Å². The summed E-state index contributed by atoms with van der Waals surface area (Å²) in [7, 11) is 0. The van der Waals surface area contributed by atoms with Crippen LogP contribution >= 0.6 is 15.9 Å². The first-order chi connectivity index (χ1) is 9.47. The Morgan fingerprint density at radius 3 is 2.40 bits per heavy atom. The van der Waals surface area contributed by atoms with Crippen molar-refractivity contribution in [1.29, 1.82) is 0 Å². The summed E-state index contributed by atoms with van der Waals surface area (Å²) in [5.41, 5.74) is 6.37. The van der Waals surface area contributed by atoms with Crippen molar-refractivity contribution < 1.29 is 13.2 Å². The Balaban J connectivity index is 2.20. The number of nitrogens with zero attached hydrogens (tertiary/aromatic N) is 1. The molecule has 0 fully saturated rings. The Hall–Kier alpha value is -1.82. The fourth-order valence-corrected chi connectivity index (χ4v) is 2.00. The molecule has 2 rings (SSSR count). The van der Waals surface area contributed by atoms with Gasteiger partial charge in [0.15, 0.2) is 0 Å². The number of nitrogen functional groups attached to an aromatic ring is 1. The van der Waals surface area contributed by atoms with Gasteiger partial charge in [0.2, 0.25) is 0 Å². The van der Waals surface area contributed by atoms with Gasteiger partial charge in [-0.05, 0) is 45.8 Å². The molecule has 0 saturated heterocycles. The minimum atomic E-state index is -0.677. The van der Waals surface area contributed by atoms with Crippen molar-refractivity contribution in [2.75, 3.05) is 5.73 Å². The summed E-state index contributed by atoms with van der Waals surface area (Å²) in [6.45, 7) is 0.0279. The molecule has 6 heteroatoms. The van der Waals surface area contributed by atoms with Crippen LogP contribution < -0.4 is 5.73 Å². The van der Waals surface area contributed by atoms with E-state index < -0.39 is 17.5 Å². The number of rotatable bonds is 3. The van der Waals surface area contributed by atoms with E-state index >= 15 is 0 Å². The number of halogens is 4. The van der Waals surface area contributed by atoms with E-state index in [-0.39, 0.29) is 22.3 Å². The average Bonchev–Trinajstić information content (AvgIpc) is 2.37. The highest BCUT2D eigenvalue weighted by Crippen LogP contribution is 2.22. The third-order valence-corrected chi connectivity index (χ3v) is 3.20. The van der Waals surface area contributed by atoms with Crippen molar-refractivity contribution in [2.24, 2.45) is 4.99 Å². The number of benzene rings is 2. The molecule has 0 saturated carbocycles. The van der Waals surface area contributed by atoms with Crippen LogP contribution in [0, 0.1) is 17.5 Å². The summed E-state index contributed by atoms with van der Waals surface area (Å²) in [5.74, 6) is -1.88. The van der Waals surface area contributed by atoms with Gasteiger partial charge in [-0.25, -0.2) is 13.2 Å². The van der Waals surface area contributed by atoms with Gasteiger partial charge in [0, 0.05) is 18.0 Å². The Morgan fingerprint density at radius 1 is 1.10 bits per heavy atom. The summed E-state index contributed by atoms with van der Waals surface area (Å²) >= 11 is 3.04. The van der Waals surface area contributed by atoms with Gasteiger partial charge in [0.1, 0.15) is 17.5 Å². The molecule has 0 aromatic heterocycles. The first-order valence-corrected chi connectivity index (χ1v) is 6.45. The zero-order valence-corrected chi connectivity index (χ0v) is 11.8. The van der Waals surface area contributed by atoms with Crippen LogP contribution in [0.15, 0.2) is 39.8 Å². The van der Waals surface area contributed by atoms with Gasteiger partial charge in [0.25, 0.3) is 0 Å². The summed E-state index contributed by atoms with van der Waals surface area (Å²) in [5, 5.41) is 0. The normalized spacial score (nSPS) is 11.2. The van der Waals surface area contributed by atoms with E-state index in [1.54, 1.807) is 0 Å². The highest BCUT2D eigenvalue weighted by molar-refractivity contribution is 9.10. The van der Waals surface area contributed by atoms with Crippen molar-refractivity contribution >= 4 is 27.8 Å². The molecule has 0 heterocycles. The highest BCUT2D eigenvalue weighted by Gasteiger charge is 2.08. The maximum atomic E-state index is 13.8. The lowest BCUT2D eigenvalue weighted by Gasteiger charge is -2.03. The molecule has 0 aliphatic heterocycles. The fourth-order valence-electron chi connectivity index (χ4n) is 1.66. The Labute approximate surface area is 122 Å². The second-order valence-corrected chi connectivity index (χ2v) is 4.97.